The molecule has 1 nitrogen and oxygen atoms in total. The molecule has 1 heterocycles. The molecule has 5 heteroatoms. The number of aromatic nitrogens is 1. The lowest BCUT2D eigenvalue weighted by molar-refractivity contribution is 1.18. The van der Waals surface area contributed by atoms with E-state index in [1.54, 1.807) is 6.07 Å². The topological polar surface area (TPSA) is 12.9 Å². The zero-order chi connectivity index (χ0) is 11.9. The molecule has 0 aliphatic heterocycles. The molecule has 0 amide bonds. The van der Waals surface area contributed by atoms with Gasteiger partial charge in [0.05, 0.1) is 21.3 Å². The normalized spacial score (nSPS) is 11.4. The number of fused-ring (bicyclic) bond motifs is 1. The van der Waals surface area contributed by atoms with Crippen molar-refractivity contribution in [2.45, 2.75) is 11.8 Å². The highest BCUT2D eigenvalue weighted by Gasteiger charge is 2.12. The van der Waals surface area contributed by atoms with E-state index in [2.05, 4.69) is 4.98 Å². The predicted octanol–water partition coefficient (Wildman–Crippen LogP) is 5.33. The van der Waals surface area contributed by atoms with E-state index in [1.807, 2.05) is 19.1 Å². The van der Waals surface area contributed by atoms with Gasteiger partial charge in [0, 0.05) is 5.39 Å². The van der Waals surface area contributed by atoms with Crippen LogP contribution in [0.4, 0.5) is 0 Å². The largest absolute Gasteiger partial charge is 0.248 e. The number of aryl methyl sites for hydroxylation is 1. The Morgan fingerprint density at radius 3 is 2.38 bits per heavy atom. The highest BCUT2D eigenvalue weighted by atomic mass is 35.5. The fourth-order valence-electron chi connectivity index (χ4n) is 1.51. The van der Waals surface area contributed by atoms with Crippen LogP contribution in [-0.4, -0.2) is 4.98 Å². The summed E-state index contributed by atoms with van der Waals surface area (Å²) in [5, 5.41) is 1.91. The minimum Gasteiger partial charge on any atom is -0.248 e. The van der Waals surface area contributed by atoms with Crippen molar-refractivity contribution in [2.75, 3.05) is 0 Å². The highest BCUT2D eigenvalue weighted by molar-refractivity contribution is 6.44. The lowest BCUT2D eigenvalue weighted by atomic mass is 10.1. The standard InChI is InChI=1S/C11H7Cl4N/c1-5-2-6-7(12)4-9(11(14)15)16-10(6)8(13)3-5/h2-4,11H,1H3. The van der Waals surface area contributed by atoms with Gasteiger partial charge in [-0.05, 0) is 30.7 Å². The third-order valence-corrected chi connectivity index (χ3v) is 3.25. The monoisotopic (exact) mass is 293 g/mol. The first kappa shape index (κ1) is 12.3. The van der Waals surface area contributed by atoms with E-state index in [4.69, 9.17) is 46.4 Å². The van der Waals surface area contributed by atoms with Crippen LogP contribution in [0.25, 0.3) is 10.9 Å². The minimum absolute atomic E-state index is 0.506. The van der Waals surface area contributed by atoms with E-state index < -0.39 is 4.84 Å². The van der Waals surface area contributed by atoms with Gasteiger partial charge in [-0.15, -0.1) is 0 Å². The summed E-state index contributed by atoms with van der Waals surface area (Å²) in [6, 6.07) is 5.41. The maximum Gasteiger partial charge on any atom is 0.149 e. The quantitative estimate of drug-likeness (QED) is 0.648. The summed E-state index contributed by atoms with van der Waals surface area (Å²) in [4.78, 5) is 3.59. The summed E-state index contributed by atoms with van der Waals surface area (Å²) in [5.41, 5.74) is 2.16. The maximum absolute atomic E-state index is 6.13. The smallest absolute Gasteiger partial charge is 0.149 e. The van der Waals surface area contributed by atoms with E-state index in [9.17, 15) is 0 Å². The van der Waals surface area contributed by atoms with Crippen LogP contribution in [0, 0.1) is 6.92 Å². The molecule has 0 radical (unpaired) electrons. The van der Waals surface area contributed by atoms with Crippen LogP contribution in [0.15, 0.2) is 18.2 Å². The Balaban J connectivity index is 2.82. The van der Waals surface area contributed by atoms with Crippen molar-refractivity contribution in [1.82, 2.24) is 4.98 Å². The Bertz CT molecular complexity index is 551. The van der Waals surface area contributed by atoms with Gasteiger partial charge < -0.3 is 0 Å². The fraction of sp³-hybridized carbons (Fsp3) is 0.182. The van der Waals surface area contributed by atoms with Gasteiger partial charge >= 0.3 is 0 Å². The maximum atomic E-state index is 6.13. The Labute approximate surface area is 113 Å². The molecule has 0 bridgehead atoms. The molecular formula is C11H7Cl4N. The van der Waals surface area contributed by atoms with Gasteiger partial charge in [-0.2, -0.15) is 0 Å². The Hall–Kier alpha value is -0.210. The van der Waals surface area contributed by atoms with Crippen LogP contribution < -0.4 is 0 Å². The number of alkyl halides is 2. The van der Waals surface area contributed by atoms with Crippen molar-refractivity contribution >= 4 is 57.3 Å². The molecule has 0 atom stereocenters. The zero-order valence-electron chi connectivity index (χ0n) is 8.27. The first-order valence-corrected chi connectivity index (χ1v) is 6.16. The molecule has 0 saturated carbocycles. The third-order valence-electron chi connectivity index (χ3n) is 2.20. The fourth-order valence-corrected chi connectivity index (χ4v) is 2.31. The molecule has 0 N–H and O–H groups in total. The summed E-state index contributed by atoms with van der Waals surface area (Å²) in [5.74, 6) is 0. The van der Waals surface area contributed by atoms with Gasteiger partial charge in [0.1, 0.15) is 4.84 Å². The van der Waals surface area contributed by atoms with Crippen molar-refractivity contribution in [1.29, 1.82) is 0 Å². The van der Waals surface area contributed by atoms with Crippen molar-refractivity contribution in [3.8, 4) is 0 Å². The molecule has 0 aliphatic rings. The van der Waals surface area contributed by atoms with E-state index in [0.29, 0.717) is 21.3 Å². The van der Waals surface area contributed by atoms with Crippen LogP contribution in [0.3, 0.4) is 0 Å². The molecular weight excluding hydrogens is 288 g/mol. The molecule has 2 rings (SSSR count). The predicted molar refractivity (Wildman–Crippen MR) is 70.9 cm³/mol. The molecule has 0 spiro atoms. The average molecular weight is 295 g/mol. The van der Waals surface area contributed by atoms with Gasteiger partial charge in [0.2, 0.25) is 0 Å². The van der Waals surface area contributed by atoms with Crippen LogP contribution in [0.1, 0.15) is 16.1 Å². The Morgan fingerprint density at radius 1 is 1.06 bits per heavy atom. The van der Waals surface area contributed by atoms with Crippen molar-refractivity contribution in [3.05, 3.63) is 39.5 Å². The van der Waals surface area contributed by atoms with Gasteiger partial charge in [-0.25, -0.2) is 4.98 Å². The second kappa shape index (κ2) is 4.58. The van der Waals surface area contributed by atoms with Gasteiger partial charge in [0.15, 0.2) is 0 Å². The van der Waals surface area contributed by atoms with E-state index in [-0.39, 0.29) is 0 Å². The molecule has 0 unspecified atom stereocenters. The molecule has 16 heavy (non-hydrogen) atoms. The minimum atomic E-state index is -0.709. The summed E-state index contributed by atoms with van der Waals surface area (Å²) in [7, 11) is 0. The average Bonchev–Trinajstić information content (AvgIpc) is 2.19. The van der Waals surface area contributed by atoms with Crippen LogP contribution in [0.2, 0.25) is 10.0 Å². The molecule has 84 valence electrons. The van der Waals surface area contributed by atoms with Gasteiger partial charge in [0.25, 0.3) is 0 Å². The second-order valence-electron chi connectivity index (χ2n) is 3.47. The van der Waals surface area contributed by atoms with Crippen LogP contribution in [0.5, 0.6) is 0 Å². The summed E-state index contributed by atoms with van der Waals surface area (Å²) < 4.78 is 0. The summed E-state index contributed by atoms with van der Waals surface area (Å²) in [6.45, 7) is 1.95. The molecule has 0 aliphatic carbocycles. The summed E-state index contributed by atoms with van der Waals surface area (Å²) in [6.07, 6.45) is 0. The van der Waals surface area contributed by atoms with E-state index >= 15 is 0 Å². The van der Waals surface area contributed by atoms with Crippen molar-refractivity contribution in [2.24, 2.45) is 0 Å². The van der Waals surface area contributed by atoms with Gasteiger partial charge in [-0.1, -0.05) is 46.4 Å². The number of hydrogen-bond acceptors (Lipinski definition) is 1. The third kappa shape index (κ3) is 2.23. The number of pyridine rings is 1. The van der Waals surface area contributed by atoms with Crippen molar-refractivity contribution in [3.63, 3.8) is 0 Å². The number of hydrogen-bond donors (Lipinski definition) is 0. The summed E-state index contributed by atoms with van der Waals surface area (Å²) >= 11 is 23.8. The Kier molecular flexibility index (Phi) is 3.50. The molecule has 0 fully saturated rings. The molecule has 1 aromatic heterocycles. The van der Waals surface area contributed by atoms with Crippen LogP contribution in [-0.2, 0) is 0 Å². The molecule has 1 aromatic carbocycles. The SMILES string of the molecule is Cc1cc(Cl)c2nc(C(Cl)Cl)cc(Cl)c2c1. The number of nitrogens with zero attached hydrogens (tertiary/aromatic N) is 1. The number of benzene rings is 1. The zero-order valence-corrected chi connectivity index (χ0v) is 11.3. The van der Waals surface area contributed by atoms with E-state index in [1.165, 1.54) is 0 Å². The van der Waals surface area contributed by atoms with E-state index in [0.717, 1.165) is 10.9 Å². The lowest BCUT2D eigenvalue weighted by Crippen LogP contribution is -1.91. The van der Waals surface area contributed by atoms with Crippen LogP contribution >= 0.6 is 46.4 Å². The molecule has 0 saturated heterocycles. The molecule has 2 aromatic rings. The Morgan fingerprint density at radius 2 is 1.75 bits per heavy atom. The van der Waals surface area contributed by atoms with Gasteiger partial charge in [-0.3, -0.25) is 0 Å². The first-order chi connectivity index (χ1) is 7.49. The van der Waals surface area contributed by atoms with Crippen molar-refractivity contribution < 1.29 is 0 Å². The first-order valence-electron chi connectivity index (χ1n) is 4.53. The highest BCUT2D eigenvalue weighted by Crippen LogP contribution is 2.33. The number of halogens is 4. The second-order valence-corrected chi connectivity index (χ2v) is 5.38. The lowest BCUT2D eigenvalue weighted by Gasteiger charge is -2.08. The number of rotatable bonds is 1.